The number of carbonyl (C=O) groups excluding carboxylic acids is 2. The van der Waals surface area contributed by atoms with Gasteiger partial charge in [-0.05, 0) is 48.9 Å². The molecule has 1 aliphatic heterocycles. The summed E-state index contributed by atoms with van der Waals surface area (Å²) in [5.74, 6) is 1.51. The highest BCUT2D eigenvalue weighted by Gasteiger charge is 2.22. The zero-order chi connectivity index (χ0) is 19.2. The summed E-state index contributed by atoms with van der Waals surface area (Å²) >= 11 is 0. The highest BCUT2D eigenvalue weighted by atomic mass is 16.5. The van der Waals surface area contributed by atoms with Crippen LogP contribution in [0, 0.1) is 0 Å². The van der Waals surface area contributed by atoms with Gasteiger partial charge in [0.25, 0.3) is 5.91 Å². The number of rotatable bonds is 7. The van der Waals surface area contributed by atoms with Gasteiger partial charge in [0.2, 0.25) is 5.91 Å². The number of anilines is 1. The molecule has 1 fully saturated rings. The normalized spacial score (nSPS) is 13.6. The fraction of sp³-hybridized carbons (Fsp3) is 0.333. The molecule has 2 aromatic rings. The molecule has 0 aromatic heterocycles. The van der Waals surface area contributed by atoms with Crippen molar-refractivity contribution in [3.05, 3.63) is 54.1 Å². The van der Waals surface area contributed by atoms with Crippen LogP contribution in [0.1, 0.15) is 23.2 Å². The molecule has 0 atom stereocenters. The van der Waals surface area contributed by atoms with E-state index in [-0.39, 0.29) is 11.8 Å². The van der Waals surface area contributed by atoms with E-state index in [0.29, 0.717) is 31.7 Å². The van der Waals surface area contributed by atoms with Crippen molar-refractivity contribution in [1.82, 2.24) is 4.90 Å². The van der Waals surface area contributed by atoms with Crippen LogP contribution in [-0.4, -0.2) is 50.6 Å². The van der Waals surface area contributed by atoms with Crippen LogP contribution in [-0.2, 0) is 4.79 Å². The second-order valence-corrected chi connectivity index (χ2v) is 6.45. The molecule has 3 rings (SSSR count). The number of hydrogen-bond acceptors (Lipinski definition) is 4. The third kappa shape index (κ3) is 4.58. The number of hydrogen-bond donors (Lipinski definition) is 0. The Kier molecular flexibility index (Phi) is 5.96. The van der Waals surface area contributed by atoms with Crippen molar-refractivity contribution in [3.63, 3.8) is 0 Å². The van der Waals surface area contributed by atoms with Crippen molar-refractivity contribution in [2.45, 2.75) is 12.8 Å². The van der Waals surface area contributed by atoms with Crippen LogP contribution in [0.25, 0.3) is 0 Å². The monoisotopic (exact) mass is 368 g/mol. The van der Waals surface area contributed by atoms with Gasteiger partial charge in [-0.25, -0.2) is 0 Å². The third-order valence-corrected chi connectivity index (χ3v) is 4.58. The zero-order valence-corrected chi connectivity index (χ0v) is 15.7. The van der Waals surface area contributed by atoms with Crippen molar-refractivity contribution in [2.24, 2.45) is 0 Å². The second-order valence-electron chi connectivity index (χ2n) is 6.45. The molecule has 0 radical (unpaired) electrons. The van der Waals surface area contributed by atoms with E-state index in [4.69, 9.17) is 9.47 Å². The van der Waals surface area contributed by atoms with E-state index >= 15 is 0 Å². The molecular weight excluding hydrogens is 344 g/mol. The van der Waals surface area contributed by atoms with Gasteiger partial charge in [-0.1, -0.05) is 6.07 Å². The fourth-order valence-electron chi connectivity index (χ4n) is 3.02. The Morgan fingerprint density at radius 1 is 1.15 bits per heavy atom. The second kappa shape index (κ2) is 8.58. The lowest BCUT2D eigenvalue weighted by Gasteiger charge is -2.20. The average Bonchev–Trinajstić information content (AvgIpc) is 3.14. The molecule has 0 saturated carbocycles. The first-order valence-electron chi connectivity index (χ1n) is 9.01. The van der Waals surface area contributed by atoms with Crippen molar-refractivity contribution in [2.75, 3.05) is 38.8 Å². The van der Waals surface area contributed by atoms with Crippen molar-refractivity contribution < 1.29 is 19.1 Å². The Bertz CT molecular complexity index is 804. The van der Waals surface area contributed by atoms with E-state index in [2.05, 4.69) is 0 Å². The number of methoxy groups -OCH3 is 1. The molecule has 0 unspecified atom stereocenters. The van der Waals surface area contributed by atoms with E-state index in [1.165, 1.54) is 0 Å². The first kappa shape index (κ1) is 18.8. The Labute approximate surface area is 159 Å². The summed E-state index contributed by atoms with van der Waals surface area (Å²) in [5.41, 5.74) is 1.35. The average molecular weight is 368 g/mol. The van der Waals surface area contributed by atoms with Crippen molar-refractivity contribution in [1.29, 1.82) is 0 Å². The van der Waals surface area contributed by atoms with Crippen LogP contribution in [0.2, 0.25) is 0 Å². The highest BCUT2D eigenvalue weighted by molar-refractivity contribution is 5.99. The predicted octanol–water partition coefficient (Wildman–Crippen LogP) is 2.97. The fourth-order valence-corrected chi connectivity index (χ4v) is 3.02. The topological polar surface area (TPSA) is 59.1 Å². The molecule has 2 amide bonds. The summed E-state index contributed by atoms with van der Waals surface area (Å²) in [5, 5.41) is 0. The molecule has 1 saturated heterocycles. The number of amides is 2. The van der Waals surface area contributed by atoms with Gasteiger partial charge in [0.1, 0.15) is 18.1 Å². The number of benzene rings is 2. The smallest absolute Gasteiger partial charge is 0.253 e. The van der Waals surface area contributed by atoms with Crippen LogP contribution < -0.4 is 14.4 Å². The van der Waals surface area contributed by atoms with Crippen LogP contribution in [0.3, 0.4) is 0 Å². The van der Waals surface area contributed by atoms with Gasteiger partial charge in [-0.2, -0.15) is 0 Å². The van der Waals surface area contributed by atoms with Gasteiger partial charge in [0, 0.05) is 31.3 Å². The van der Waals surface area contributed by atoms with Crippen LogP contribution >= 0.6 is 0 Å². The molecule has 0 bridgehead atoms. The first-order valence-corrected chi connectivity index (χ1v) is 9.01. The SMILES string of the molecule is COc1ccc(OCCN(C)C(=O)c2cccc(N3CCCC3=O)c2)cc1. The lowest BCUT2D eigenvalue weighted by molar-refractivity contribution is -0.117. The maximum Gasteiger partial charge on any atom is 0.253 e. The van der Waals surface area contributed by atoms with E-state index in [0.717, 1.165) is 23.6 Å². The number of carbonyl (C=O) groups is 2. The van der Waals surface area contributed by atoms with Gasteiger partial charge in [0.15, 0.2) is 0 Å². The van der Waals surface area contributed by atoms with Crippen molar-refractivity contribution in [3.8, 4) is 11.5 Å². The van der Waals surface area contributed by atoms with E-state index in [9.17, 15) is 9.59 Å². The molecule has 0 aliphatic carbocycles. The maximum atomic E-state index is 12.7. The minimum Gasteiger partial charge on any atom is -0.497 e. The zero-order valence-electron chi connectivity index (χ0n) is 15.7. The summed E-state index contributed by atoms with van der Waals surface area (Å²) in [6, 6.07) is 14.6. The summed E-state index contributed by atoms with van der Waals surface area (Å²) < 4.78 is 10.8. The van der Waals surface area contributed by atoms with Gasteiger partial charge < -0.3 is 19.3 Å². The minimum absolute atomic E-state index is 0.0955. The first-order chi connectivity index (χ1) is 13.1. The Morgan fingerprint density at radius 3 is 2.56 bits per heavy atom. The molecular formula is C21H24N2O4. The standard InChI is InChI=1S/C21H24N2O4/c1-22(13-14-27-19-10-8-18(26-2)9-11-19)21(25)16-5-3-6-17(15-16)23-12-4-7-20(23)24/h3,5-6,8-11,15H,4,7,12-14H2,1-2H3. The molecule has 1 heterocycles. The summed E-state index contributed by atoms with van der Waals surface area (Å²) in [4.78, 5) is 27.9. The molecule has 27 heavy (non-hydrogen) atoms. The molecule has 142 valence electrons. The minimum atomic E-state index is -0.0955. The molecule has 0 N–H and O–H groups in total. The highest BCUT2D eigenvalue weighted by Crippen LogP contribution is 2.23. The Morgan fingerprint density at radius 2 is 1.89 bits per heavy atom. The number of ether oxygens (including phenoxy) is 2. The maximum absolute atomic E-state index is 12.7. The quantitative estimate of drug-likeness (QED) is 0.754. The van der Waals surface area contributed by atoms with Crippen LogP contribution in [0.15, 0.2) is 48.5 Å². The third-order valence-electron chi connectivity index (χ3n) is 4.58. The number of nitrogens with zero attached hydrogens (tertiary/aromatic N) is 2. The van der Waals surface area contributed by atoms with Gasteiger partial charge in [0.05, 0.1) is 13.7 Å². The van der Waals surface area contributed by atoms with Gasteiger partial charge in [-0.3, -0.25) is 9.59 Å². The largest absolute Gasteiger partial charge is 0.497 e. The number of likely N-dealkylation sites (N-methyl/N-ethyl adjacent to an activating group) is 1. The van der Waals surface area contributed by atoms with Crippen LogP contribution in [0.5, 0.6) is 11.5 Å². The molecule has 1 aliphatic rings. The lowest BCUT2D eigenvalue weighted by atomic mass is 10.1. The van der Waals surface area contributed by atoms with Crippen LogP contribution in [0.4, 0.5) is 5.69 Å². The summed E-state index contributed by atoms with van der Waals surface area (Å²) in [6.45, 7) is 1.55. The van der Waals surface area contributed by atoms with E-state index < -0.39 is 0 Å². The molecule has 2 aromatic carbocycles. The van der Waals surface area contributed by atoms with Gasteiger partial charge >= 0.3 is 0 Å². The molecule has 0 spiro atoms. The Balaban J connectivity index is 1.56. The Hall–Kier alpha value is -3.02. The van der Waals surface area contributed by atoms with Crippen molar-refractivity contribution >= 4 is 17.5 Å². The summed E-state index contributed by atoms with van der Waals surface area (Å²) in [7, 11) is 3.36. The summed E-state index contributed by atoms with van der Waals surface area (Å²) in [6.07, 6.45) is 1.43. The molecule has 6 heteroatoms. The van der Waals surface area contributed by atoms with Gasteiger partial charge in [-0.15, -0.1) is 0 Å². The molecule has 6 nitrogen and oxygen atoms in total. The predicted molar refractivity (Wildman–Crippen MR) is 103 cm³/mol. The van der Waals surface area contributed by atoms with E-state index in [1.807, 2.05) is 36.4 Å². The van der Waals surface area contributed by atoms with E-state index in [1.54, 1.807) is 36.1 Å². The lowest BCUT2D eigenvalue weighted by Crippen LogP contribution is -2.31.